The molecule has 0 unspecified atom stereocenters. The molecule has 0 bridgehead atoms. The van der Waals surface area contributed by atoms with E-state index in [1.165, 1.54) is 12.8 Å². The number of rotatable bonds is 5. The normalized spacial score (nSPS) is 17.0. The van der Waals surface area contributed by atoms with Crippen molar-refractivity contribution in [1.82, 2.24) is 0 Å². The van der Waals surface area contributed by atoms with Gasteiger partial charge in [0.25, 0.3) is 0 Å². The van der Waals surface area contributed by atoms with Gasteiger partial charge in [0.1, 0.15) is 11.5 Å². The maximum atomic E-state index is 6.23. The first kappa shape index (κ1) is 16.6. The molecule has 0 amide bonds. The van der Waals surface area contributed by atoms with Gasteiger partial charge in [0, 0.05) is 34.4 Å². The summed E-state index contributed by atoms with van der Waals surface area (Å²) in [7, 11) is 0. The molecule has 2 aromatic rings. The van der Waals surface area contributed by atoms with Gasteiger partial charge >= 0.3 is 0 Å². The van der Waals surface area contributed by atoms with Gasteiger partial charge in [0.05, 0.1) is 12.7 Å². The van der Waals surface area contributed by atoms with Crippen LogP contribution in [0.1, 0.15) is 36.8 Å². The highest BCUT2D eigenvalue weighted by Crippen LogP contribution is 2.32. The Balaban J connectivity index is 1.45. The second kappa shape index (κ2) is 7.54. The van der Waals surface area contributed by atoms with Gasteiger partial charge in [-0.25, -0.2) is 0 Å². The summed E-state index contributed by atoms with van der Waals surface area (Å²) in [5.41, 5.74) is 3.05. The molecule has 132 valence electrons. The average molecular weight is 360 g/mol. The number of hydrogen-bond donors (Lipinski definition) is 1. The van der Waals surface area contributed by atoms with Crippen LogP contribution in [0.3, 0.4) is 0 Å². The summed E-state index contributed by atoms with van der Waals surface area (Å²) in [6.07, 6.45) is 5.22. The first-order valence-electron chi connectivity index (χ1n) is 8.80. The maximum absolute atomic E-state index is 6.23. The SMILES string of the molecule is Clc1cc(CNc2cccc(OC3CCCC3)c2)c2c(c1)COCO2. The molecule has 1 saturated carbocycles. The van der Waals surface area contributed by atoms with Crippen LogP contribution in [-0.2, 0) is 17.9 Å². The largest absolute Gasteiger partial charge is 0.490 e. The van der Waals surface area contributed by atoms with E-state index >= 15 is 0 Å². The van der Waals surface area contributed by atoms with Crippen LogP contribution in [0, 0.1) is 0 Å². The zero-order valence-electron chi connectivity index (χ0n) is 14.1. The van der Waals surface area contributed by atoms with Crippen LogP contribution in [0.4, 0.5) is 5.69 Å². The molecule has 4 rings (SSSR count). The zero-order valence-corrected chi connectivity index (χ0v) is 14.8. The summed E-state index contributed by atoms with van der Waals surface area (Å²) in [6, 6.07) is 12.0. The van der Waals surface area contributed by atoms with E-state index in [0.29, 0.717) is 24.3 Å². The van der Waals surface area contributed by atoms with E-state index in [9.17, 15) is 0 Å². The van der Waals surface area contributed by atoms with E-state index < -0.39 is 0 Å². The van der Waals surface area contributed by atoms with Crippen molar-refractivity contribution in [2.45, 2.75) is 44.9 Å². The number of anilines is 1. The third-order valence-corrected chi connectivity index (χ3v) is 4.89. The van der Waals surface area contributed by atoms with Crippen LogP contribution >= 0.6 is 11.6 Å². The maximum Gasteiger partial charge on any atom is 0.189 e. The molecule has 1 heterocycles. The predicted molar refractivity (Wildman–Crippen MR) is 98.4 cm³/mol. The van der Waals surface area contributed by atoms with Crippen LogP contribution in [0.5, 0.6) is 11.5 Å². The van der Waals surface area contributed by atoms with Crippen molar-refractivity contribution in [2.24, 2.45) is 0 Å². The summed E-state index contributed by atoms with van der Waals surface area (Å²) in [5.74, 6) is 1.80. The first-order chi connectivity index (χ1) is 12.3. The highest BCUT2D eigenvalue weighted by Gasteiger charge is 2.17. The summed E-state index contributed by atoms with van der Waals surface area (Å²) < 4.78 is 17.1. The summed E-state index contributed by atoms with van der Waals surface area (Å²) >= 11 is 6.23. The highest BCUT2D eigenvalue weighted by molar-refractivity contribution is 6.30. The van der Waals surface area contributed by atoms with Crippen molar-refractivity contribution in [1.29, 1.82) is 0 Å². The van der Waals surface area contributed by atoms with Gasteiger partial charge in [-0.3, -0.25) is 0 Å². The van der Waals surface area contributed by atoms with Crippen molar-refractivity contribution in [2.75, 3.05) is 12.1 Å². The fourth-order valence-corrected chi connectivity index (χ4v) is 3.73. The molecule has 1 aliphatic carbocycles. The Hall–Kier alpha value is -1.91. The molecule has 2 aromatic carbocycles. The summed E-state index contributed by atoms with van der Waals surface area (Å²) in [5, 5.41) is 4.14. The van der Waals surface area contributed by atoms with Gasteiger partial charge in [-0.15, -0.1) is 0 Å². The number of nitrogens with one attached hydrogen (secondary N) is 1. The van der Waals surface area contributed by atoms with Gasteiger partial charge in [-0.05, 0) is 49.9 Å². The van der Waals surface area contributed by atoms with Gasteiger partial charge in [0.2, 0.25) is 0 Å². The van der Waals surface area contributed by atoms with Crippen molar-refractivity contribution in [3.63, 3.8) is 0 Å². The summed E-state index contributed by atoms with van der Waals surface area (Å²) in [4.78, 5) is 0. The molecule has 0 atom stereocenters. The standard InChI is InChI=1S/C20H22ClNO3/c21-16-8-14(20-15(9-16)12-23-13-24-20)11-22-17-4-3-7-19(10-17)25-18-5-1-2-6-18/h3-4,7-10,18,22H,1-2,5-6,11-13H2. The smallest absolute Gasteiger partial charge is 0.189 e. The second-order valence-electron chi connectivity index (χ2n) is 6.57. The Labute approximate surface area is 153 Å². The Morgan fingerprint density at radius 1 is 1.16 bits per heavy atom. The molecule has 0 aromatic heterocycles. The monoisotopic (exact) mass is 359 g/mol. The lowest BCUT2D eigenvalue weighted by molar-refractivity contribution is -0.0169. The molecule has 1 aliphatic heterocycles. The van der Waals surface area contributed by atoms with E-state index in [0.717, 1.165) is 41.2 Å². The third-order valence-electron chi connectivity index (χ3n) is 4.67. The van der Waals surface area contributed by atoms with E-state index in [2.05, 4.69) is 11.4 Å². The molecule has 1 N–H and O–H groups in total. The lowest BCUT2D eigenvalue weighted by atomic mass is 10.1. The van der Waals surface area contributed by atoms with Crippen LogP contribution in [0.15, 0.2) is 36.4 Å². The van der Waals surface area contributed by atoms with Crippen molar-refractivity contribution in [3.05, 3.63) is 52.5 Å². The van der Waals surface area contributed by atoms with Crippen LogP contribution in [0.25, 0.3) is 0 Å². The number of ether oxygens (including phenoxy) is 3. The lowest BCUT2D eigenvalue weighted by Gasteiger charge is -2.21. The first-order valence-corrected chi connectivity index (χ1v) is 9.18. The van der Waals surface area contributed by atoms with Crippen LogP contribution in [0.2, 0.25) is 5.02 Å². The molecule has 0 radical (unpaired) electrons. The van der Waals surface area contributed by atoms with Gasteiger partial charge in [0.15, 0.2) is 6.79 Å². The molecule has 25 heavy (non-hydrogen) atoms. The number of fused-ring (bicyclic) bond motifs is 1. The van der Waals surface area contributed by atoms with Crippen LogP contribution < -0.4 is 14.8 Å². The van der Waals surface area contributed by atoms with Crippen molar-refractivity contribution < 1.29 is 14.2 Å². The second-order valence-corrected chi connectivity index (χ2v) is 7.01. The Morgan fingerprint density at radius 3 is 2.92 bits per heavy atom. The Morgan fingerprint density at radius 2 is 2.04 bits per heavy atom. The van der Waals surface area contributed by atoms with E-state index in [4.69, 9.17) is 25.8 Å². The van der Waals surface area contributed by atoms with E-state index in [-0.39, 0.29) is 6.79 Å². The topological polar surface area (TPSA) is 39.7 Å². The molecule has 4 nitrogen and oxygen atoms in total. The number of halogens is 1. The van der Waals surface area contributed by atoms with Crippen molar-refractivity contribution >= 4 is 17.3 Å². The minimum Gasteiger partial charge on any atom is -0.490 e. The van der Waals surface area contributed by atoms with Gasteiger partial charge in [-0.2, -0.15) is 0 Å². The molecule has 2 aliphatic rings. The van der Waals surface area contributed by atoms with Gasteiger partial charge in [-0.1, -0.05) is 17.7 Å². The number of benzene rings is 2. The predicted octanol–water partition coefficient (Wildman–Crippen LogP) is 5.14. The van der Waals surface area contributed by atoms with Crippen molar-refractivity contribution in [3.8, 4) is 11.5 Å². The lowest BCUT2D eigenvalue weighted by Crippen LogP contribution is -2.14. The van der Waals surface area contributed by atoms with E-state index in [1.54, 1.807) is 0 Å². The highest BCUT2D eigenvalue weighted by atomic mass is 35.5. The molecule has 0 saturated heterocycles. The molecule has 1 fully saturated rings. The average Bonchev–Trinajstić information content (AvgIpc) is 3.13. The van der Waals surface area contributed by atoms with E-state index in [1.807, 2.05) is 30.3 Å². The quantitative estimate of drug-likeness (QED) is 0.802. The minimum atomic E-state index is 0.284. The minimum absolute atomic E-state index is 0.284. The molecular formula is C20H22ClNO3. The molecule has 0 spiro atoms. The fraction of sp³-hybridized carbons (Fsp3) is 0.400. The zero-order chi connectivity index (χ0) is 17.1. The van der Waals surface area contributed by atoms with Crippen LogP contribution in [-0.4, -0.2) is 12.9 Å². The Bertz CT molecular complexity index is 744. The fourth-order valence-electron chi connectivity index (χ4n) is 3.46. The molecular weight excluding hydrogens is 338 g/mol. The summed E-state index contributed by atoms with van der Waals surface area (Å²) in [6.45, 7) is 1.45. The third kappa shape index (κ3) is 4.02. The Kier molecular flexibility index (Phi) is 4.99. The van der Waals surface area contributed by atoms with Gasteiger partial charge < -0.3 is 19.5 Å². The number of hydrogen-bond acceptors (Lipinski definition) is 4. The molecule has 5 heteroatoms.